The topological polar surface area (TPSA) is 61.4 Å². The van der Waals surface area contributed by atoms with E-state index in [1.54, 1.807) is 27.7 Å². The monoisotopic (exact) mass is 552 g/mol. The van der Waals surface area contributed by atoms with Crippen molar-refractivity contribution in [2.24, 2.45) is 5.92 Å². The summed E-state index contributed by atoms with van der Waals surface area (Å²) >= 11 is 3.28. The summed E-state index contributed by atoms with van der Waals surface area (Å²) in [6.07, 6.45) is 0.837. The third kappa shape index (κ3) is 4.18. The summed E-state index contributed by atoms with van der Waals surface area (Å²) in [6, 6.07) is 23.0. The van der Waals surface area contributed by atoms with E-state index in [0.29, 0.717) is 18.3 Å². The summed E-state index contributed by atoms with van der Waals surface area (Å²) in [5, 5.41) is 13.2. The molecule has 1 aliphatic rings. The van der Waals surface area contributed by atoms with E-state index in [9.17, 15) is 4.79 Å². The average Bonchev–Trinajstić information content (AvgIpc) is 3.53. The molecule has 39 heavy (non-hydrogen) atoms. The first kappa shape index (κ1) is 24.6. The lowest BCUT2D eigenvalue weighted by atomic mass is 9.96. The normalized spacial score (nSPS) is 15.5. The minimum Gasteiger partial charge on any atom is -0.372 e. The van der Waals surface area contributed by atoms with Crippen molar-refractivity contribution in [2.75, 3.05) is 0 Å². The molecule has 7 rings (SSSR count). The maximum atomic E-state index is 14.2. The van der Waals surface area contributed by atoms with Gasteiger partial charge >= 0.3 is 0 Å². The number of rotatable bonds is 5. The first-order chi connectivity index (χ1) is 19.0. The molecule has 0 saturated heterocycles. The highest BCUT2D eigenvalue weighted by atomic mass is 32.2. The minimum atomic E-state index is -0.0384. The summed E-state index contributed by atoms with van der Waals surface area (Å²) in [4.78, 5) is 16.2. The lowest BCUT2D eigenvalue weighted by Gasteiger charge is -2.26. The lowest BCUT2D eigenvalue weighted by molar-refractivity contribution is 0.00200. The third-order valence-electron chi connectivity index (χ3n) is 7.53. The van der Waals surface area contributed by atoms with Gasteiger partial charge in [0.15, 0.2) is 5.16 Å². The Balaban J connectivity index is 1.41. The highest BCUT2D eigenvalue weighted by molar-refractivity contribution is 7.98. The van der Waals surface area contributed by atoms with Crippen LogP contribution in [0.5, 0.6) is 0 Å². The molecule has 0 bridgehead atoms. The molecule has 1 atom stereocenters. The van der Waals surface area contributed by atoms with Gasteiger partial charge in [-0.2, -0.15) is 0 Å². The zero-order valence-corrected chi connectivity index (χ0v) is 23.7. The molecule has 0 aliphatic carbocycles. The van der Waals surface area contributed by atoms with Crippen molar-refractivity contribution < 1.29 is 4.74 Å². The molecule has 8 heteroatoms. The molecular weight excluding hydrogens is 525 g/mol. The standard InChI is InChI=1S/C31H28N4O2S2/c1-18(2)25-15-24-26(16-37-25)39-29-27(24)28(36)34(23-10-6-7-19(3)13-23)30-32-33-31(35(29)30)38-17-20-11-12-21-8-4-5-9-22(21)14-20/h4-14,18,25H,15-17H2,1-3H3/t25-/m0/s1. The molecule has 0 amide bonds. The van der Waals surface area contributed by atoms with Crippen LogP contribution >= 0.6 is 23.1 Å². The van der Waals surface area contributed by atoms with Crippen molar-refractivity contribution in [3.05, 3.63) is 98.7 Å². The molecule has 0 fully saturated rings. The molecule has 0 unspecified atom stereocenters. The van der Waals surface area contributed by atoms with Gasteiger partial charge in [-0.05, 0) is 52.4 Å². The lowest BCUT2D eigenvalue weighted by Crippen LogP contribution is -2.28. The molecule has 6 nitrogen and oxygen atoms in total. The van der Waals surface area contributed by atoms with Gasteiger partial charge in [0.05, 0.1) is 23.8 Å². The number of fused-ring (bicyclic) bond motifs is 6. The van der Waals surface area contributed by atoms with Gasteiger partial charge in [0.25, 0.3) is 5.56 Å². The molecular formula is C31H28N4O2S2. The Kier molecular flexibility index (Phi) is 6.06. The van der Waals surface area contributed by atoms with Gasteiger partial charge in [0.2, 0.25) is 5.78 Å². The zero-order valence-electron chi connectivity index (χ0n) is 22.0. The quantitative estimate of drug-likeness (QED) is 0.217. The summed E-state index contributed by atoms with van der Waals surface area (Å²) in [5.41, 5.74) is 4.19. The molecule has 0 saturated carbocycles. The number of thioether (sulfide) groups is 1. The molecule has 196 valence electrons. The molecule has 6 aromatic rings. The fraction of sp³-hybridized carbons (Fsp3) is 0.258. The van der Waals surface area contributed by atoms with Gasteiger partial charge in [0.1, 0.15) is 4.83 Å². The van der Waals surface area contributed by atoms with E-state index < -0.39 is 0 Å². The Hall–Kier alpha value is -3.46. The summed E-state index contributed by atoms with van der Waals surface area (Å²) < 4.78 is 10.00. The van der Waals surface area contributed by atoms with Crippen LogP contribution < -0.4 is 5.56 Å². The molecule has 0 N–H and O–H groups in total. The fourth-order valence-electron chi connectivity index (χ4n) is 5.44. The van der Waals surface area contributed by atoms with Gasteiger partial charge in [-0.25, -0.2) is 8.97 Å². The van der Waals surface area contributed by atoms with Crippen LogP contribution in [0.4, 0.5) is 0 Å². The Labute approximate surface area is 234 Å². The van der Waals surface area contributed by atoms with Crippen molar-refractivity contribution in [1.29, 1.82) is 0 Å². The van der Waals surface area contributed by atoms with Crippen molar-refractivity contribution >= 4 is 49.9 Å². The van der Waals surface area contributed by atoms with Gasteiger partial charge in [-0.1, -0.05) is 80.2 Å². The van der Waals surface area contributed by atoms with Crippen molar-refractivity contribution in [2.45, 2.75) is 50.8 Å². The smallest absolute Gasteiger partial charge is 0.268 e. The number of hydrogen-bond donors (Lipinski definition) is 0. The highest BCUT2D eigenvalue weighted by Gasteiger charge is 2.30. The SMILES string of the molecule is Cc1cccc(-n2c(=O)c3c4c(sc3n3c(SCc5ccc6ccccc6c5)nnc23)CO[C@H](C(C)C)C4)c1. The molecule has 0 spiro atoms. The predicted molar refractivity (Wildman–Crippen MR) is 159 cm³/mol. The second kappa shape index (κ2) is 9.62. The number of aromatic nitrogens is 4. The first-order valence-electron chi connectivity index (χ1n) is 13.2. The second-order valence-electron chi connectivity index (χ2n) is 10.5. The van der Waals surface area contributed by atoms with Crippen molar-refractivity contribution in [1.82, 2.24) is 19.2 Å². The van der Waals surface area contributed by atoms with Crippen LogP contribution in [0.15, 0.2) is 76.7 Å². The van der Waals surface area contributed by atoms with E-state index in [-0.39, 0.29) is 11.7 Å². The maximum Gasteiger partial charge on any atom is 0.268 e. The first-order valence-corrected chi connectivity index (χ1v) is 15.0. The van der Waals surface area contributed by atoms with Crippen LogP contribution in [0, 0.1) is 12.8 Å². The third-order valence-corrected chi connectivity index (χ3v) is 9.72. The molecule has 3 aromatic carbocycles. The van der Waals surface area contributed by atoms with Gasteiger partial charge in [0, 0.05) is 17.1 Å². The number of benzene rings is 3. The van der Waals surface area contributed by atoms with Crippen LogP contribution in [-0.4, -0.2) is 25.3 Å². The number of hydrogen-bond acceptors (Lipinski definition) is 6. The maximum absolute atomic E-state index is 14.2. The Bertz CT molecular complexity index is 1930. The summed E-state index contributed by atoms with van der Waals surface area (Å²) in [6.45, 7) is 6.92. The highest BCUT2D eigenvalue weighted by Crippen LogP contribution is 2.38. The molecule has 1 aliphatic heterocycles. The number of nitrogens with zero attached hydrogens (tertiary/aromatic N) is 4. The van der Waals surface area contributed by atoms with E-state index in [4.69, 9.17) is 4.74 Å². The van der Waals surface area contributed by atoms with Crippen LogP contribution in [0.25, 0.3) is 32.5 Å². The van der Waals surface area contributed by atoms with Gasteiger partial charge < -0.3 is 4.74 Å². The van der Waals surface area contributed by atoms with E-state index in [0.717, 1.165) is 49.2 Å². The van der Waals surface area contributed by atoms with Crippen molar-refractivity contribution in [3.8, 4) is 5.69 Å². The van der Waals surface area contributed by atoms with E-state index >= 15 is 0 Å². The minimum absolute atomic E-state index is 0.0384. The van der Waals surface area contributed by atoms with E-state index in [1.807, 2.05) is 31.2 Å². The van der Waals surface area contributed by atoms with Crippen LogP contribution in [-0.2, 0) is 23.5 Å². The van der Waals surface area contributed by atoms with E-state index in [2.05, 4.69) is 70.9 Å². The molecule has 4 heterocycles. The van der Waals surface area contributed by atoms with Crippen LogP contribution in [0.1, 0.15) is 35.4 Å². The Morgan fingerprint density at radius 1 is 1.05 bits per heavy atom. The largest absolute Gasteiger partial charge is 0.372 e. The molecule has 0 radical (unpaired) electrons. The number of aryl methyl sites for hydroxylation is 1. The Morgan fingerprint density at radius 2 is 1.90 bits per heavy atom. The summed E-state index contributed by atoms with van der Waals surface area (Å²) in [5.74, 6) is 1.66. The Morgan fingerprint density at radius 3 is 2.72 bits per heavy atom. The number of ether oxygens (including phenoxy) is 1. The predicted octanol–water partition coefficient (Wildman–Crippen LogP) is 6.95. The van der Waals surface area contributed by atoms with Gasteiger partial charge in [-0.3, -0.25) is 4.79 Å². The molecule has 3 aromatic heterocycles. The van der Waals surface area contributed by atoms with Crippen molar-refractivity contribution in [3.63, 3.8) is 0 Å². The zero-order chi connectivity index (χ0) is 26.7. The number of thiophene rings is 1. The average molecular weight is 553 g/mol. The van der Waals surface area contributed by atoms with E-state index in [1.165, 1.54) is 16.3 Å². The van der Waals surface area contributed by atoms with Crippen LogP contribution in [0.2, 0.25) is 0 Å². The van der Waals surface area contributed by atoms with Crippen LogP contribution in [0.3, 0.4) is 0 Å². The fourth-order valence-corrected chi connectivity index (χ4v) is 7.61. The van der Waals surface area contributed by atoms with Gasteiger partial charge in [-0.15, -0.1) is 21.5 Å². The second-order valence-corrected chi connectivity index (χ2v) is 12.6. The summed E-state index contributed by atoms with van der Waals surface area (Å²) in [7, 11) is 0.